The van der Waals surface area contributed by atoms with E-state index >= 15 is 0 Å². The zero-order chi connectivity index (χ0) is 56.9. The smallest absolute Gasteiger partial charge is 0.268 e. The first kappa shape index (κ1) is 77.1. The Morgan fingerprint density at radius 2 is 0.692 bits per heavy atom. The van der Waals surface area contributed by atoms with Gasteiger partial charge >= 0.3 is 0 Å². The van der Waals surface area contributed by atoms with E-state index in [1.54, 1.807) is 18.7 Å². The van der Waals surface area contributed by atoms with Crippen molar-refractivity contribution < 1.29 is 71.7 Å². The second kappa shape index (κ2) is 62.2. The van der Waals surface area contributed by atoms with Crippen LogP contribution in [0.2, 0.25) is 0 Å². The van der Waals surface area contributed by atoms with Gasteiger partial charge in [0.05, 0.1) is 124 Å². The minimum absolute atomic E-state index is 0.00649. The van der Waals surface area contributed by atoms with Gasteiger partial charge in [-0.15, -0.1) is 0 Å². The highest BCUT2D eigenvalue weighted by atomic mass is 31.2. The van der Waals surface area contributed by atoms with E-state index in [4.69, 9.17) is 46.9 Å². The third-order valence-corrected chi connectivity index (χ3v) is 14.0. The van der Waals surface area contributed by atoms with Crippen LogP contribution in [0.1, 0.15) is 214 Å². The molecule has 0 aromatic carbocycles. The largest absolute Gasteiger partial charge is 0.756 e. The van der Waals surface area contributed by atoms with Gasteiger partial charge in [-0.2, -0.15) is 0 Å². The molecular weight excluding hydrogens is 1020 g/mol. The fourth-order valence-electron chi connectivity index (χ4n) is 8.75. The SMILES string of the molecule is CCCCCCCC/C=C/CCCCCCCCOCCOCCOCCOCCOP(=O)([O-])OC(COCCOCCOCCOCCCCCCCC/C=C/CCCCCCCC)CC(O)CN(CC(C)O)CC(C)O. The van der Waals surface area contributed by atoms with Gasteiger partial charge in [0.15, 0.2) is 0 Å². The van der Waals surface area contributed by atoms with Gasteiger partial charge in [0.2, 0.25) is 0 Å². The van der Waals surface area contributed by atoms with Crippen molar-refractivity contribution in [1.29, 1.82) is 0 Å². The molecule has 0 fully saturated rings. The van der Waals surface area contributed by atoms with Gasteiger partial charge in [-0.25, -0.2) is 0 Å². The van der Waals surface area contributed by atoms with E-state index in [1.807, 2.05) is 0 Å². The fourth-order valence-corrected chi connectivity index (χ4v) is 9.62. The molecule has 0 rings (SSSR count). The Kier molecular flexibility index (Phi) is 61.5. The van der Waals surface area contributed by atoms with Gasteiger partial charge in [0, 0.05) is 39.3 Å². The first-order valence-electron chi connectivity index (χ1n) is 31.4. The van der Waals surface area contributed by atoms with Crippen molar-refractivity contribution in [2.75, 3.05) is 132 Å². The molecule has 0 aliphatic carbocycles. The summed E-state index contributed by atoms with van der Waals surface area (Å²) in [5.41, 5.74) is 0. The summed E-state index contributed by atoms with van der Waals surface area (Å²) in [5, 5.41) is 30.8. The molecule has 5 atom stereocenters. The predicted molar refractivity (Wildman–Crippen MR) is 314 cm³/mol. The van der Waals surface area contributed by atoms with E-state index in [1.165, 1.54) is 167 Å². The normalized spacial score (nSPS) is 14.6. The molecule has 0 heterocycles. The van der Waals surface area contributed by atoms with Gasteiger partial charge in [0.1, 0.15) is 0 Å². The average Bonchev–Trinajstić information content (AvgIpc) is 3.39. The van der Waals surface area contributed by atoms with Crippen LogP contribution in [-0.4, -0.2) is 177 Å². The van der Waals surface area contributed by atoms with E-state index in [2.05, 4.69) is 38.2 Å². The first-order chi connectivity index (χ1) is 38.1. The van der Waals surface area contributed by atoms with E-state index < -0.39 is 32.2 Å². The summed E-state index contributed by atoms with van der Waals surface area (Å²) in [5.74, 6) is 0. The molecule has 5 unspecified atom stereocenters. The Morgan fingerprint density at radius 3 is 1.04 bits per heavy atom. The Labute approximate surface area is 477 Å². The van der Waals surface area contributed by atoms with Crippen LogP contribution in [0.4, 0.5) is 0 Å². The van der Waals surface area contributed by atoms with Crippen molar-refractivity contribution in [3.8, 4) is 0 Å². The second-order valence-electron chi connectivity index (χ2n) is 21.1. The summed E-state index contributed by atoms with van der Waals surface area (Å²) in [6.07, 6.45) is 41.8. The molecule has 0 aromatic heterocycles. The maximum atomic E-state index is 12.9. The molecule has 0 saturated heterocycles. The lowest BCUT2D eigenvalue weighted by Gasteiger charge is -2.31. The van der Waals surface area contributed by atoms with Gasteiger partial charge in [-0.1, -0.05) is 154 Å². The molecule has 0 bridgehead atoms. The van der Waals surface area contributed by atoms with Crippen LogP contribution in [0.15, 0.2) is 24.3 Å². The molecule has 466 valence electrons. The fraction of sp³-hybridized carbons (Fsp3) is 0.934. The maximum absolute atomic E-state index is 12.9. The van der Waals surface area contributed by atoms with Gasteiger partial charge in [0.25, 0.3) is 7.82 Å². The highest BCUT2D eigenvalue weighted by Crippen LogP contribution is 2.40. The summed E-state index contributed by atoms with van der Waals surface area (Å²) in [6.45, 7) is 14.0. The summed E-state index contributed by atoms with van der Waals surface area (Å²) in [4.78, 5) is 14.6. The van der Waals surface area contributed by atoms with Crippen molar-refractivity contribution >= 4 is 7.82 Å². The summed E-state index contributed by atoms with van der Waals surface area (Å²) in [7, 11) is -4.82. The molecule has 16 nitrogen and oxygen atoms in total. The molecule has 0 aromatic rings. The minimum atomic E-state index is -4.82. The number of hydrogen-bond donors (Lipinski definition) is 3. The lowest BCUT2D eigenvalue weighted by atomic mass is 10.1. The second-order valence-corrected chi connectivity index (χ2v) is 22.4. The molecule has 0 saturated carbocycles. The Morgan fingerprint density at radius 1 is 0.397 bits per heavy atom. The van der Waals surface area contributed by atoms with E-state index in [-0.39, 0.29) is 65.7 Å². The summed E-state index contributed by atoms with van der Waals surface area (Å²) < 4.78 is 68.3. The van der Waals surface area contributed by atoms with Crippen molar-refractivity contribution in [2.24, 2.45) is 0 Å². The summed E-state index contributed by atoms with van der Waals surface area (Å²) in [6, 6.07) is 0. The highest BCUT2D eigenvalue weighted by molar-refractivity contribution is 7.45. The number of aliphatic hydroxyl groups is 3. The Bertz CT molecular complexity index is 1270. The lowest BCUT2D eigenvalue weighted by Crippen LogP contribution is -2.42. The molecule has 0 aliphatic heterocycles. The topological polar surface area (TPSA) is 196 Å². The van der Waals surface area contributed by atoms with Crippen molar-refractivity contribution in [3.05, 3.63) is 24.3 Å². The van der Waals surface area contributed by atoms with Gasteiger partial charge < -0.3 is 67.2 Å². The van der Waals surface area contributed by atoms with E-state index in [0.717, 1.165) is 26.1 Å². The van der Waals surface area contributed by atoms with Crippen molar-refractivity contribution in [3.63, 3.8) is 0 Å². The number of ether oxygens (including phenoxy) is 8. The number of nitrogens with zero attached hydrogens (tertiary/aromatic N) is 1. The van der Waals surface area contributed by atoms with Crippen LogP contribution in [0.5, 0.6) is 0 Å². The number of hydrogen-bond acceptors (Lipinski definition) is 16. The van der Waals surface area contributed by atoms with Gasteiger partial charge in [-0.3, -0.25) is 9.46 Å². The van der Waals surface area contributed by atoms with Crippen molar-refractivity contribution in [2.45, 2.75) is 238 Å². The van der Waals surface area contributed by atoms with Crippen LogP contribution in [-0.2, 0) is 51.5 Å². The highest BCUT2D eigenvalue weighted by Gasteiger charge is 2.24. The third-order valence-electron chi connectivity index (χ3n) is 12.9. The molecule has 78 heavy (non-hydrogen) atoms. The average molecular weight is 1140 g/mol. The zero-order valence-electron chi connectivity index (χ0n) is 50.4. The van der Waals surface area contributed by atoms with Crippen LogP contribution in [0.25, 0.3) is 0 Å². The number of allylic oxidation sites excluding steroid dienone is 4. The molecule has 0 radical (unpaired) electrons. The van der Waals surface area contributed by atoms with E-state index in [0.29, 0.717) is 59.5 Å². The van der Waals surface area contributed by atoms with Crippen LogP contribution >= 0.6 is 7.82 Å². The van der Waals surface area contributed by atoms with Crippen LogP contribution in [0.3, 0.4) is 0 Å². The third kappa shape index (κ3) is 62.7. The quantitative estimate of drug-likeness (QED) is 0.0295. The Hall–Kier alpha value is -0.890. The number of phosphoric ester groups is 1. The first-order valence-corrected chi connectivity index (χ1v) is 32.9. The van der Waals surface area contributed by atoms with E-state index in [9.17, 15) is 24.8 Å². The number of rotatable bonds is 66. The molecule has 0 amide bonds. The molecule has 3 N–H and O–H groups in total. The van der Waals surface area contributed by atoms with Crippen LogP contribution in [0, 0.1) is 0 Å². The predicted octanol–water partition coefficient (Wildman–Crippen LogP) is 11.9. The maximum Gasteiger partial charge on any atom is 0.268 e. The minimum Gasteiger partial charge on any atom is -0.756 e. The number of phosphoric acid groups is 1. The standard InChI is InChI=1S/C61H122NO15P/c1-5-7-9-11-13-15-17-19-21-23-25-27-29-31-33-35-37-68-39-41-70-43-44-72-47-48-74-51-52-76-78(66,67)77-61(53-60(65)56-62(54-58(3)63)55-59(4)64)57-75-50-49-73-46-45-71-42-40-69-38-36-34-32-30-28-26-24-22-20-18-16-14-12-10-8-6-2/h19-22,58-61,63-65H,5-18,23-57H2,1-4H3,(H,66,67)/p-1/b21-19+,22-20+. The molecule has 0 aliphatic rings. The number of aliphatic hydroxyl groups excluding tert-OH is 3. The summed E-state index contributed by atoms with van der Waals surface area (Å²) >= 11 is 0. The number of unbranched alkanes of at least 4 members (excludes halogenated alkanes) is 24. The zero-order valence-corrected chi connectivity index (χ0v) is 51.3. The van der Waals surface area contributed by atoms with Crippen molar-refractivity contribution in [1.82, 2.24) is 4.90 Å². The molecule has 17 heteroatoms. The van der Waals surface area contributed by atoms with Crippen LogP contribution < -0.4 is 4.89 Å². The Balaban J connectivity index is 4.10. The molecule has 0 spiro atoms. The van der Waals surface area contributed by atoms with Gasteiger partial charge in [-0.05, 0) is 78.1 Å². The monoisotopic (exact) mass is 1140 g/mol. The molecular formula is C61H121NO15P-. The lowest BCUT2D eigenvalue weighted by molar-refractivity contribution is -0.233.